The predicted molar refractivity (Wildman–Crippen MR) is 136 cm³/mol. The van der Waals surface area contributed by atoms with Crippen LogP contribution in [0.5, 0.6) is 0 Å². The van der Waals surface area contributed by atoms with Gasteiger partial charge in [-0.25, -0.2) is 4.79 Å². The molecule has 3 fully saturated rings. The molecule has 3 aliphatic rings. The lowest BCUT2D eigenvalue weighted by Crippen LogP contribution is -2.61. The van der Waals surface area contributed by atoms with Crippen molar-refractivity contribution < 1.29 is 19.2 Å². The van der Waals surface area contributed by atoms with E-state index in [2.05, 4.69) is 12.2 Å². The van der Waals surface area contributed by atoms with Crippen molar-refractivity contribution >= 4 is 23.6 Å². The molecule has 0 radical (unpaired) electrons. The Morgan fingerprint density at radius 1 is 0.857 bits per heavy atom. The second-order valence-electron chi connectivity index (χ2n) is 10.9. The zero-order chi connectivity index (χ0) is 25.4. The number of nitrogens with one attached hydrogen (secondary N) is 1. The number of unbranched alkanes of at least 4 members (excludes halogenated alkanes) is 1. The van der Waals surface area contributed by atoms with Gasteiger partial charge in [0.25, 0.3) is 5.91 Å². The molecular weight excluding hydrogens is 444 g/mol. The molecule has 2 aliphatic carbocycles. The molecule has 0 aromatic carbocycles. The lowest BCUT2D eigenvalue weighted by atomic mass is 9.91. The third kappa shape index (κ3) is 7.20. The van der Waals surface area contributed by atoms with Crippen LogP contribution in [0, 0.1) is 5.92 Å². The van der Waals surface area contributed by atoms with Crippen molar-refractivity contribution in [2.24, 2.45) is 5.92 Å². The minimum absolute atomic E-state index is 0.0170. The van der Waals surface area contributed by atoms with Crippen LogP contribution in [0.4, 0.5) is 4.79 Å². The van der Waals surface area contributed by atoms with E-state index in [4.69, 9.17) is 0 Å². The van der Waals surface area contributed by atoms with Gasteiger partial charge in [0.2, 0.25) is 11.7 Å². The molecule has 198 valence electrons. The number of nitrogens with zero attached hydrogens (tertiary/aromatic N) is 3. The van der Waals surface area contributed by atoms with Gasteiger partial charge in [0.15, 0.2) is 0 Å². The molecule has 0 aromatic heterocycles. The number of hydrogen-bond donors (Lipinski definition) is 1. The molecular formula is C27H46N4O4. The summed E-state index contributed by atoms with van der Waals surface area (Å²) in [4.78, 5) is 58.3. The van der Waals surface area contributed by atoms with Gasteiger partial charge in [-0.2, -0.15) is 0 Å². The topological polar surface area (TPSA) is 90.0 Å². The molecule has 0 aromatic rings. The van der Waals surface area contributed by atoms with Gasteiger partial charge >= 0.3 is 6.03 Å². The van der Waals surface area contributed by atoms with E-state index in [1.165, 1.54) is 0 Å². The van der Waals surface area contributed by atoms with Gasteiger partial charge < -0.3 is 20.0 Å². The number of Topliss-reactive ketones (excluding diaryl/α,β-unsaturated/α-hetero) is 1. The summed E-state index contributed by atoms with van der Waals surface area (Å²) in [5.41, 5.74) is 0. The van der Waals surface area contributed by atoms with Gasteiger partial charge in [0.05, 0.1) is 0 Å². The number of piperazine rings is 1. The molecule has 0 unspecified atom stereocenters. The maximum Gasteiger partial charge on any atom is 0.321 e. The van der Waals surface area contributed by atoms with E-state index in [9.17, 15) is 19.2 Å². The predicted octanol–water partition coefficient (Wildman–Crippen LogP) is 3.73. The maximum absolute atomic E-state index is 13.9. The Morgan fingerprint density at radius 2 is 1.43 bits per heavy atom. The Hall–Kier alpha value is -2.12. The normalized spacial score (nSPS) is 20.7. The lowest BCUT2D eigenvalue weighted by Gasteiger charge is -2.44. The fourth-order valence-electron chi connectivity index (χ4n) is 5.82. The fourth-order valence-corrected chi connectivity index (χ4v) is 5.82. The molecule has 8 nitrogen and oxygen atoms in total. The van der Waals surface area contributed by atoms with Crippen molar-refractivity contribution in [1.82, 2.24) is 20.0 Å². The summed E-state index contributed by atoms with van der Waals surface area (Å²) in [5, 5.41) is 2.96. The van der Waals surface area contributed by atoms with E-state index in [1.807, 2.05) is 18.7 Å². The van der Waals surface area contributed by atoms with E-state index in [1.54, 1.807) is 9.80 Å². The summed E-state index contributed by atoms with van der Waals surface area (Å²) in [6, 6.07) is -0.806. The summed E-state index contributed by atoms with van der Waals surface area (Å²) < 4.78 is 0. The molecule has 8 heteroatoms. The quantitative estimate of drug-likeness (QED) is 0.499. The molecule has 0 spiro atoms. The molecule has 1 atom stereocenters. The van der Waals surface area contributed by atoms with Crippen LogP contribution >= 0.6 is 0 Å². The van der Waals surface area contributed by atoms with Crippen molar-refractivity contribution in [3.8, 4) is 0 Å². The Bertz CT molecular complexity index is 735. The van der Waals surface area contributed by atoms with Crippen LogP contribution < -0.4 is 5.32 Å². The zero-order valence-corrected chi connectivity index (χ0v) is 22.1. The van der Waals surface area contributed by atoms with Crippen LogP contribution in [0.15, 0.2) is 0 Å². The fraction of sp³-hybridized carbons (Fsp3) is 0.852. The minimum atomic E-state index is -0.720. The molecule has 2 saturated carbocycles. The standard InChI is InChI=1S/C27H46N4O4/c1-4-5-15-23(24(32)25(33)28-21-11-9-10-12-21)31(22-13-7-6-8-14-22)27(35)30-18-16-29(17-19-30)26(34)20(2)3/h20-23H,4-19H2,1-3H3,(H,28,33)/t23-/m0/s1. The van der Waals surface area contributed by atoms with Crippen LogP contribution in [0.1, 0.15) is 97.8 Å². The summed E-state index contributed by atoms with van der Waals surface area (Å²) in [7, 11) is 0. The largest absolute Gasteiger partial charge is 0.347 e. The zero-order valence-electron chi connectivity index (χ0n) is 22.1. The first-order valence-corrected chi connectivity index (χ1v) is 14.0. The van der Waals surface area contributed by atoms with Gasteiger partial charge in [0.1, 0.15) is 6.04 Å². The molecule has 4 amide bonds. The van der Waals surface area contributed by atoms with Gasteiger partial charge in [-0.1, -0.05) is 65.7 Å². The number of hydrogen-bond acceptors (Lipinski definition) is 4. The third-order valence-corrected chi connectivity index (χ3v) is 7.93. The number of amides is 4. The molecule has 35 heavy (non-hydrogen) atoms. The summed E-state index contributed by atoms with van der Waals surface area (Å²) >= 11 is 0. The van der Waals surface area contributed by atoms with Crippen LogP contribution in [0.3, 0.4) is 0 Å². The van der Waals surface area contributed by atoms with E-state index in [0.717, 1.165) is 70.6 Å². The van der Waals surface area contributed by atoms with E-state index in [-0.39, 0.29) is 29.9 Å². The number of urea groups is 1. The summed E-state index contributed by atoms with van der Waals surface area (Å²) in [6.45, 7) is 7.80. The Kier molecular flexibility index (Phi) is 10.4. The Labute approximate surface area is 211 Å². The first-order valence-electron chi connectivity index (χ1n) is 14.0. The van der Waals surface area contributed by atoms with Gasteiger partial charge in [0, 0.05) is 44.2 Å². The molecule has 3 rings (SSSR count). The average Bonchev–Trinajstić information content (AvgIpc) is 3.39. The van der Waals surface area contributed by atoms with Gasteiger partial charge in [-0.15, -0.1) is 0 Å². The second kappa shape index (κ2) is 13.3. The number of carbonyl (C=O) groups is 4. The van der Waals surface area contributed by atoms with Crippen LogP contribution in [-0.4, -0.2) is 82.6 Å². The first kappa shape index (κ1) is 27.5. The molecule has 1 N–H and O–H groups in total. The highest BCUT2D eigenvalue weighted by molar-refractivity contribution is 6.38. The Balaban J connectivity index is 1.78. The number of rotatable bonds is 9. The third-order valence-electron chi connectivity index (χ3n) is 7.93. The van der Waals surface area contributed by atoms with E-state index >= 15 is 0 Å². The number of ketones is 1. The van der Waals surface area contributed by atoms with E-state index in [0.29, 0.717) is 32.6 Å². The molecule has 1 aliphatic heterocycles. The molecule has 1 heterocycles. The molecule has 1 saturated heterocycles. The average molecular weight is 491 g/mol. The van der Waals surface area contributed by atoms with Gasteiger partial charge in [-0.3, -0.25) is 14.4 Å². The second-order valence-corrected chi connectivity index (χ2v) is 10.9. The Morgan fingerprint density at radius 3 is 2.00 bits per heavy atom. The monoisotopic (exact) mass is 490 g/mol. The van der Waals surface area contributed by atoms with Crippen LogP contribution in [-0.2, 0) is 14.4 Å². The SMILES string of the molecule is CCCC[C@@H](C(=O)C(=O)NC1CCCC1)N(C(=O)N1CCN(C(=O)C(C)C)CC1)C1CCCCC1. The van der Waals surface area contributed by atoms with Crippen LogP contribution in [0.2, 0.25) is 0 Å². The van der Waals surface area contributed by atoms with Crippen molar-refractivity contribution in [2.45, 2.75) is 116 Å². The summed E-state index contributed by atoms with van der Waals surface area (Å²) in [5.74, 6) is -0.942. The van der Waals surface area contributed by atoms with Crippen molar-refractivity contribution in [1.29, 1.82) is 0 Å². The van der Waals surface area contributed by atoms with E-state index < -0.39 is 17.7 Å². The lowest BCUT2D eigenvalue weighted by molar-refractivity contribution is -0.141. The smallest absolute Gasteiger partial charge is 0.321 e. The highest BCUT2D eigenvalue weighted by atomic mass is 16.2. The number of carbonyl (C=O) groups excluding carboxylic acids is 4. The highest BCUT2D eigenvalue weighted by Gasteiger charge is 2.41. The minimum Gasteiger partial charge on any atom is -0.347 e. The van der Waals surface area contributed by atoms with Crippen molar-refractivity contribution in [2.75, 3.05) is 26.2 Å². The van der Waals surface area contributed by atoms with Crippen LogP contribution in [0.25, 0.3) is 0 Å². The van der Waals surface area contributed by atoms with Gasteiger partial charge in [-0.05, 0) is 32.1 Å². The van der Waals surface area contributed by atoms with Crippen molar-refractivity contribution in [3.05, 3.63) is 0 Å². The summed E-state index contributed by atoms with van der Waals surface area (Å²) in [6.07, 6.45) is 11.2. The van der Waals surface area contributed by atoms with Crippen molar-refractivity contribution in [3.63, 3.8) is 0 Å². The molecule has 0 bridgehead atoms. The maximum atomic E-state index is 13.9. The highest BCUT2D eigenvalue weighted by Crippen LogP contribution is 2.28. The first-order chi connectivity index (χ1) is 16.8.